The fourth-order valence-electron chi connectivity index (χ4n) is 3.23. The Hall–Kier alpha value is -1.36. The first-order valence-corrected chi connectivity index (χ1v) is 7.22. The van der Waals surface area contributed by atoms with Gasteiger partial charge in [0.2, 0.25) is 0 Å². The molecular formula is C14H22N4O. The van der Waals surface area contributed by atoms with Crippen LogP contribution in [0.15, 0.2) is 6.20 Å². The number of hydrogen-bond donors (Lipinski definition) is 1. The van der Waals surface area contributed by atoms with Crippen LogP contribution in [0.3, 0.4) is 0 Å². The molecule has 0 aliphatic carbocycles. The number of nitrogens with zero attached hydrogens (tertiary/aromatic N) is 3. The summed E-state index contributed by atoms with van der Waals surface area (Å²) in [5.74, 6) is 0.118. The first kappa shape index (κ1) is 12.7. The van der Waals surface area contributed by atoms with Crippen LogP contribution >= 0.6 is 0 Å². The molecule has 5 nitrogen and oxygen atoms in total. The zero-order valence-corrected chi connectivity index (χ0v) is 11.7. The van der Waals surface area contributed by atoms with E-state index < -0.39 is 0 Å². The zero-order chi connectivity index (χ0) is 13.4. The van der Waals surface area contributed by atoms with Crippen LogP contribution in [-0.4, -0.2) is 57.6 Å². The molecule has 0 aromatic carbocycles. The lowest BCUT2D eigenvalue weighted by Gasteiger charge is -2.49. The Morgan fingerprint density at radius 3 is 2.84 bits per heavy atom. The molecule has 3 heterocycles. The quantitative estimate of drug-likeness (QED) is 0.877. The van der Waals surface area contributed by atoms with Crippen molar-refractivity contribution in [2.75, 3.05) is 19.6 Å². The summed E-state index contributed by atoms with van der Waals surface area (Å²) in [4.78, 5) is 16.8. The number of amides is 1. The molecule has 2 aliphatic heterocycles. The number of aromatic amines is 1. The molecule has 19 heavy (non-hydrogen) atoms. The van der Waals surface area contributed by atoms with Crippen LogP contribution in [0.1, 0.15) is 42.2 Å². The fraction of sp³-hybridized carbons (Fsp3) is 0.714. The van der Waals surface area contributed by atoms with Crippen LogP contribution in [0.25, 0.3) is 0 Å². The minimum atomic E-state index is 0.118. The van der Waals surface area contributed by atoms with E-state index in [1.54, 1.807) is 6.20 Å². The Bertz CT molecular complexity index is 464. The molecule has 5 heteroatoms. The van der Waals surface area contributed by atoms with E-state index in [4.69, 9.17) is 0 Å². The van der Waals surface area contributed by atoms with Crippen LogP contribution < -0.4 is 0 Å². The van der Waals surface area contributed by atoms with E-state index >= 15 is 0 Å². The number of carbonyl (C=O) groups is 1. The topological polar surface area (TPSA) is 52.2 Å². The summed E-state index contributed by atoms with van der Waals surface area (Å²) in [5, 5.41) is 6.75. The van der Waals surface area contributed by atoms with E-state index in [0.29, 0.717) is 17.6 Å². The maximum atomic E-state index is 12.3. The van der Waals surface area contributed by atoms with Gasteiger partial charge in [0.05, 0.1) is 11.8 Å². The van der Waals surface area contributed by atoms with Gasteiger partial charge in [0.15, 0.2) is 0 Å². The zero-order valence-electron chi connectivity index (χ0n) is 11.7. The van der Waals surface area contributed by atoms with E-state index in [9.17, 15) is 4.79 Å². The lowest BCUT2D eigenvalue weighted by molar-refractivity contribution is 0.00209. The predicted molar refractivity (Wildman–Crippen MR) is 73.0 cm³/mol. The monoisotopic (exact) mass is 262 g/mol. The van der Waals surface area contributed by atoms with Gasteiger partial charge in [0.25, 0.3) is 5.91 Å². The maximum Gasteiger partial charge on any atom is 0.257 e. The van der Waals surface area contributed by atoms with Crippen molar-refractivity contribution in [2.24, 2.45) is 0 Å². The van der Waals surface area contributed by atoms with Gasteiger partial charge in [-0.25, -0.2) is 0 Å². The normalized spacial score (nSPS) is 25.4. The second-order valence-electron chi connectivity index (χ2n) is 5.86. The summed E-state index contributed by atoms with van der Waals surface area (Å²) < 4.78 is 0. The molecule has 1 aromatic rings. The van der Waals surface area contributed by atoms with Gasteiger partial charge in [-0.3, -0.25) is 14.8 Å². The molecule has 0 saturated carbocycles. The molecule has 2 fully saturated rings. The molecule has 2 saturated heterocycles. The number of carbonyl (C=O) groups excluding carboxylic acids is 1. The van der Waals surface area contributed by atoms with Gasteiger partial charge in [-0.2, -0.15) is 5.10 Å². The van der Waals surface area contributed by atoms with Gasteiger partial charge in [-0.1, -0.05) is 6.42 Å². The second-order valence-corrected chi connectivity index (χ2v) is 5.86. The number of aromatic nitrogens is 2. The second kappa shape index (κ2) is 4.96. The van der Waals surface area contributed by atoms with Crippen molar-refractivity contribution in [3.63, 3.8) is 0 Å². The molecule has 104 valence electrons. The van der Waals surface area contributed by atoms with Crippen molar-refractivity contribution in [1.29, 1.82) is 0 Å². The molecule has 0 radical (unpaired) electrons. The fourth-order valence-corrected chi connectivity index (χ4v) is 3.23. The molecule has 3 rings (SSSR count). The molecule has 1 N–H and O–H groups in total. The lowest BCUT2D eigenvalue weighted by atomic mass is 9.97. The Morgan fingerprint density at radius 2 is 2.21 bits per heavy atom. The number of rotatable bonds is 2. The summed E-state index contributed by atoms with van der Waals surface area (Å²) in [7, 11) is 0. The highest BCUT2D eigenvalue weighted by molar-refractivity contribution is 5.95. The molecule has 0 bridgehead atoms. The number of piperidine rings is 1. The maximum absolute atomic E-state index is 12.3. The molecular weight excluding hydrogens is 240 g/mol. The number of likely N-dealkylation sites (tertiary alicyclic amines) is 2. The van der Waals surface area contributed by atoms with Crippen molar-refractivity contribution in [1.82, 2.24) is 20.0 Å². The molecule has 1 aromatic heterocycles. The number of aryl methyl sites for hydroxylation is 1. The van der Waals surface area contributed by atoms with Crippen LogP contribution in [0.2, 0.25) is 0 Å². The molecule has 1 amide bonds. The van der Waals surface area contributed by atoms with Crippen LogP contribution in [0.5, 0.6) is 0 Å². The van der Waals surface area contributed by atoms with E-state index in [2.05, 4.69) is 22.0 Å². The van der Waals surface area contributed by atoms with E-state index in [0.717, 1.165) is 18.8 Å². The van der Waals surface area contributed by atoms with Gasteiger partial charge in [0.1, 0.15) is 0 Å². The Kier molecular flexibility index (Phi) is 3.31. The summed E-state index contributed by atoms with van der Waals surface area (Å²) in [6.45, 7) is 7.13. The van der Waals surface area contributed by atoms with Crippen molar-refractivity contribution in [2.45, 2.75) is 45.2 Å². The molecule has 0 spiro atoms. The largest absolute Gasteiger partial charge is 0.335 e. The smallest absolute Gasteiger partial charge is 0.257 e. The van der Waals surface area contributed by atoms with Crippen LogP contribution in [0.4, 0.5) is 0 Å². The third-order valence-corrected chi connectivity index (χ3v) is 4.53. The lowest BCUT2D eigenvalue weighted by Crippen LogP contribution is -2.63. The first-order chi connectivity index (χ1) is 9.16. The molecule has 2 aliphatic rings. The summed E-state index contributed by atoms with van der Waals surface area (Å²) in [6, 6.07) is 1.23. The van der Waals surface area contributed by atoms with Gasteiger partial charge in [-0.15, -0.1) is 0 Å². The van der Waals surface area contributed by atoms with Gasteiger partial charge >= 0.3 is 0 Å². The van der Waals surface area contributed by atoms with Crippen LogP contribution in [-0.2, 0) is 0 Å². The average Bonchev–Trinajstić information content (AvgIpc) is 2.76. The predicted octanol–water partition coefficient (Wildman–Crippen LogP) is 1.42. The van der Waals surface area contributed by atoms with Crippen molar-refractivity contribution >= 4 is 5.91 Å². The summed E-state index contributed by atoms with van der Waals surface area (Å²) in [6.07, 6.45) is 5.58. The van der Waals surface area contributed by atoms with Crippen molar-refractivity contribution in [3.05, 3.63) is 17.5 Å². The Labute approximate surface area is 114 Å². The molecule has 1 atom stereocenters. The van der Waals surface area contributed by atoms with Gasteiger partial charge < -0.3 is 4.90 Å². The highest BCUT2D eigenvalue weighted by Crippen LogP contribution is 2.25. The molecule has 1 unspecified atom stereocenters. The van der Waals surface area contributed by atoms with E-state index in [1.807, 2.05) is 11.8 Å². The number of H-pyrrole nitrogens is 1. The minimum absolute atomic E-state index is 0.118. The number of hydrogen-bond acceptors (Lipinski definition) is 3. The highest BCUT2D eigenvalue weighted by Gasteiger charge is 2.38. The summed E-state index contributed by atoms with van der Waals surface area (Å²) >= 11 is 0. The number of nitrogens with one attached hydrogen (secondary N) is 1. The van der Waals surface area contributed by atoms with E-state index in [-0.39, 0.29) is 5.91 Å². The van der Waals surface area contributed by atoms with Crippen molar-refractivity contribution in [3.8, 4) is 0 Å². The third-order valence-electron chi connectivity index (χ3n) is 4.53. The third kappa shape index (κ3) is 2.27. The SMILES string of the molecule is Cc1[nH]ncc1C(=O)N1CC(N2CCCCC2C)C1. The van der Waals surface area contributed by atoms with Crippen LogP contribution in [0, 0.1) is 6.92 Å². The average molecular weight is 262 g/mol. The first-order valence-electron chi connectivity index (χ1n) is 7.22. The summed E-state index contributed by atoms with van der Waals surface area (Å²) in [5.41, 5.74) is 1.57. The Morgan fingerprint density at radius 1 is 1.42 bits per heavy atom. The highest BCUT2D eigenvalue weighted by atomic mass is 16.2. The van der Waals surface area contributed by atoms with E-state index in [1.165, 1.54) is 25.8 Å². The standard InChI is InChI=1S/C14H22N4O/c1-10-5-3-4-6-18(10)12-8-17(9-12)14(19)13-7-15-16-11(13)2/h7,10,12H,3-6,8-9H2,1-2H3,(H,15,16). The van der Waals surface area contributed by atoms with Gasteiger partial charge in [-0.05, 0) is 33.2 Å². The van der Waals surface area contributed by atoms with Gasteiger partial charge in [0, 0.05) is 30.9 Å². The van der Waals surface area contributed by atoms with Crippen molar-refractivity contribution < 1.29 is 4.79 Å². The minimum Gasteiger partial charge on any atom is -0.335 e. The Balaban J connectivity index is 1.58.